The molecule has 0 aliphatic carbocycles. The van der Waals surface area contributed by atoms with Gasteiger partial charge in [0, 0.05) is 45.3 Å². The third kappa shape index (κ3) is 5.12. The highest BCUT2D eigenvalue weighted by Crippen LogP contribution is 2.19. The highest BCUT2D eigenvalue weighted by Gasteiger charge is 2.16. The number of amides is 1. The third-order valence-electron chi connectivity index (χ3n) is 4.83. The summed E-state index contributed by atoms with van der Waals surface area (Å²) in [7, 11) is 0. The van der Waals surface area contributed by atoms with Crippen LogP contribution in [0.25, 0.3) is 0 Å². The van der Waals surface area contributed by atoms with Crippen LogP contribution in [0.2, 0.25) is 0 Å². The van der Waals surface area contributed by atoms with E-state index in [-0.39, 0.29) is 30.7 Å². The molecule has 0 radical (unpaired) electrons. The van der Waals surface area contributed by atoms with Crippen LogP contribution in [-0.2, 0) is 13.0 Å². The monoisotopic (exact) mass is 412 g/mol. The molecule has 1 fully saturated rings. The van der Waals surface area contributed by atoms with Crippen LogP contribution in [0.5, 0.6) is 0 Å². The van der Waals surface area contributed by atoms with Crippen LogP contribution in [0.1, 0.15) is 35.6 Å². The van der Waals surface area contributed by atoms with Crippen molar-refractivity contribution in [2.75, 3.05) is 36.4 Å². The molecule has 1 saturated heterocycles. The van der Waals surface area contributed by atoms with E-state index in [0.29, 0.717) is 11.4 Å². The summed E-state index contributed by atoms with van der Waals surface area (Å²) >= 11 is 0. The van der Waals surface area contributed by atoms with Gasteiger partial charge in [0.25, 0.3) is 5.91 Å². The smallest absolute Gasteiger partial charge is 0.275 e. The van der Waals surface area contributed by atoms with Crippen molar-refractivity contribution in [3.05, 3.63) is 36.0 Å². The van der Waals surface area contributed by atoms with Crippen LogP contribution < -0.4 is 15.5 Å². The molecule has 7 nitrogen and oxygen atoms in total. The zero-order valence-corrected chi connectivity index (χ0v) is 16.8. The van der Waals surface area contributed by atoms with Gasteiger partial charge in [0.1, 0.15) is 17.3 Å². The van der Waals surface area contributed by atoms with E-state index in [9.17, 15) is 4.79 Å². The SMILES string of the molecule is Cl.Cl.O=C(Nc1ccc(N2CCCCC2)nc1)c1cn2c(n1)CCNCC2. The number of anilines is 2. The summed E-state index contributed by atoms with van der Waals surface area (Å²) in [6.07, 6.45) is 8.16. The normalized spacial score (nSPS) is 16.4. The van der Waals surface area contributed by atoms with Gasteiger partial charge in [-0.15, -0.1) is 24.8 Å². The molecule has 2 aromatic heterocycles. The molecule has 0 saturated carbocycles. The Morgan fingerprint density at radius 1 is 1.07 bits per heavy atom. The van der Waals surface area contributed by atoms with Gasteiger partial charge in [-0.25, -0.2) is 9.97 Å². The first-order valence-corrected chi connectivity index (χ1v) is 9.09. The average Bonchev–Trinajstić information content (AvgIpc) is 2.94. The molecule has 2 aliphatic heterocycles. The molecule has 0 atom stereocenters. The Hall–Kier alpha value is -1.83. The molecule has 1 amide bonds. The summed E-state index contributed by atoms with van der Waals surface area (Å²) in [6.45, 7) is 4.79. The first-order valence-electron chi connectivity index (χ1n) is 9.09. The summed E-state index contributed by atoms with van der Waals surface area (Å²) in [6, 6.07) is 3.90. The molecular formula is C18H26Cl2N6O. The van der Waals surface area contributed by atoms with Gasteiger partial charge in [-0.05, 0) is 31.4 Å². The molecule has 148 valence electrons. The number of halogens is 2. The number of pyridine rings is 1. The Balaban J connectivity index is 0.00000131. The van der Waals surface area contributed by atoms with E-state index in [1.54, 1.807) is 6.20 Å². The number of piperidine rings is 1. The van der Waals surface area contributed by atoms with Crippen molar-refractivity contribution in [1.82, 2.24) is 19.9 Å². The van der Waals surface area contributed by atoms with Gasteiger partial charge < -0.3 is 20.1 Å². The van der Waals surface area contributed by atoms with Crippen molar-refractivity contribution in [3.8, 4) is 0 Å². The van der Waals surface area contributed by atoms with Crippen molar-refractivity contribution < 1.29 is 4.79 Å². The number of carbonyl (C=O) groups is 1. The number of fused-ring (bicyclic) bond motifs is 1. The summed E-state index contributed by atoms with van der Waals surface area (Å²) in [5.74, 6) is 1.77. The Morgan fingerprint density at radius 3 is 2.63 bits per heavy atom. The molecule has 2 aliphatic rings. The van der Waals surface area contributed by atoms with Gasteiger partial charge in [-0.2, -0.15) is 0 Å². The number of rotatable bonds is 3. The second kappa shape index (κ2) is 9.92. The predicted molar refractivity (Wildman–Crippen MR) is 112 cm³/mol. The molecule has 4 heterocycles. The lowest BCUT2D eigenvalue weighted by molar-refractivity contribution is 0.102. The van der Waals surface area contributed by atoms with E-state index in [4.69, 9.17) is 0 Å². The zero-order valence-electron chi connectivity index (χ0n) is 15.2. The molecule has 9 heteroatoms. The number of aromatic nitrogens is 3. The molecule has 0 bridgehead atoms. The van der Waals surface area contributed by atoms with E-state index < -0.39 is 0 Å². The Bertz CT molecular complexity index is 719. The molecular weight excluding hydrogens is 387 g/mol. The highest BCUT2D eigenvalue weighted by molar-refractivity contribution is 6.02. The summed E-state index contributed by atoms with van der Waals surface area (Å²) in [4.78, 5) is 23.7. The minimum Gasteiger partial charge on any atom is -0.357 e. The molecule has 2 aromatic rings. The predicted octanol–water partition coefficient (Wildman–Crippen LogP) is 2.51. The summed E-state index contributed by atoms with van der Waals surface area (Å²) in [5.41, 5.74) is 1.17. The largest absolute Gasteiger partial charge is 0.357 e. The maximum atomic E-state index is 12.5. The van der Waals surface area contributed by atoms with E-state index >= 15 is 0 Å². The van der Waals surface area contributed by atoms with Gasteiger partial charge in [0.2, 0.25) is 0 Å². The fraction of sp³-hybridized carbons (Fsp3) is 0.500. The molecule has 0 aromatic carbocycles. The first-order chi connectivity index (χ1) is 12.3. The fourth-order valence-electron chi connectivity index (χ4n) is 3.45. The summed E-state index contributed by atoms with van der Waals surface area (Å²) in [5, 5.41) is 6.23. The van der Waals surface area contributed by atoms with Crippen LogP contribution in [0.15, 0.2) is 24.5 Å². The van der Waals surface area contributed by atoms with E-state index in [0.717, 1.165) is 50.8 Å². The lowest BCUT2D eigenvalue weighted by Crippen LogP contribution is -2.30. The van der Waals surface area contributed by atoms with Gasteiger partial charge in [0.05, 0.1) is 11.9 Å². The number of carbonyl (C=O) groups excluding carboxylic acids is 1. The van der Waals surface area contributed by atoms with Gasteiger partial charge in [0.15, 0.2) is 0 Å². The maximum Gasteiger partial charge on any atom is 0.275 e. The standard InChI is InChI=1S/C18H24N6O.2ClH/c25-18(15-13-24-11-8-19-7-6-17(24)22-15)21-14-4-5-16(20-12-14)23-9-2-1-3-10-23;;/h4-5,12-13,19H,1-3,6-11H2,(H,21,25);2*1H. The van der Waals surface area contributed by atoms with Crippen molar-refractivity contribution in [3.63, 3.8) is 0 Å². The van der Waals surface area contributed by atoms with Crippen LogP contribution in [0.4, 0.5) is 11.5 Å². The second-order valence-corrected chi connectivity index (χ2v) is 6.64. The summed E-state index contributed by atoms with van der Waals surface area (Å²) < 4.78 is 2.06. The quantitative estimate of drug-likeness (QED) is 0.809. The minimum atomic E-state index is -0.180. The van der Waals surface area contributed by atoms with E-state index in [1.165, 1.54) is 19.3 Å². The van der Waals surface area contributed by atoms with Crippen molar-refractivity contribution >= 4 is 42.2 Å². The Morgan fingerprint density at radius 2 is 1.89 bits per heavy atom. The van der Waals surface area contributed by atoms with Crippen LogP contribution in [0, 0.1) is 0 Å². The van der Waals surface area contributed by atoms with E-state index in [1.807, 2.05) is 18.3 Å². The lowest BCUT2D eigenvalue weighted by atomic mass is 10.1. The van der Waals surface area contributed by atoms with Crippen molar-refractivity contribution in [2.24, 2.45) is 0 Å². The number of hydrogen-bond acceptors (Lipinski definition) is 5. The van der Waals surface area contributed by atoms with Crippen LogP contribution in [-0.4, -0.2) is 46.6 Å². The number of imidazole rings is 1. The van der Waals surface area contributed by atoms with Gasteiger partial charge >= 0.3 is 0 Å². The third-order valence-corrected chi connectivity index (χ3v) is 4.83. The highest BCUT2D eigenvalue weighted by atomic mass is 35.5. The van der Waals surface area contributed by atoms with Gasteiger partial charge in [-0.3, -0.25) is 4.79 Å². The van der Waals surface area contributed by atoms with E-state index in [2.05, 4.69) is 30.1 Å². The van der Waals surface area contributed by atoms with Crippen molar-refractivity contribution in [1.29, 1.82) is 0 Å². The topological polar surface area (TPSA) is 75.1 Å². The number of nitrogens with one attached hydrogen (secondary N) is 2. The molecule has 0 unspecified atom stereocenters. The average molecular weight is 413 g/mol. The number of hydrogen-bond donors (Lipinski definition) is 2. The lowest BCUT2D eigenvalue weighted by Gasteiger charge is -2.27. The Labute approximate surface area is 171 Å². The Kier molecular flexibility index (Phi) is 7.89. The minimum absolute atomic E-state index is 0. The van der Waals surface area contributed by atoms with Crippen LogP contribution >= 0.6 is 24.8 Å². The molecule has 2 N–H and O–H groups in total. The van der Waals surface area contributed by atoms with Crippen LogP contribution in [0.3, 0.4) is 0 Å². The molecule has 4 rings (SSSR count). The zero-order chi connectivity index (χ0) is 17.1. The molecule has 27 heavy (non-hydrogen) atoms. The fourth-order valence-corrected chi connectivity index (χ4v) is 3.45. The second-order valence-electron chi connectivity index (χ2n) is 6.64. The number of nitrogens with zero attached hydrogens (tertiary/aromatic N) is 4. The maximum absolute atomic E-state index is 12.5. The van der Waals surface area contributed by atoms with Gasteiger partial charge in [-0.1, -0.05) is 0 Å². The first kappa shape index (κ1) is 21.5. The molecule has 0 spiro atoms. The van der Waals surface area contributed by atoms with Crippen molar-refractivity contribution in [2.45, 2.75) is 32.2 Å².